The van der Waals surface area contributed by atoms with Crippen molar-refractivity contribution in [3.8, 4) is 11.1 Å². The smallest absolute Gasteiger partial charge is 0.305 e. The van der Waals surface area contributed by atoms with Crippen LogP contribution in [-0.2, 0) is 30.6 Å². The number of rotatable bonds is 11. The summed E-state index contributed by atoms with van der Waals surface area (Å²) in [5, 5.41) is 32.3. The molecule has 0 fully saturated rings. The lowest BCUT2D eigenvalue weighted by Crippen LogP contribution is -2.22. The van der Waals surface area contributed by atoms with Crippen molar-refractivity contribution < 1.29 is 24.9 Å². The predicted molar refractivity (Wildman–Crippen MR) is 148 cm³/mol. The quantitative estimate of drug-likeness (QED) is 0.268. The molecule has 0 spiro atoms. The fraction of sp³-hybridized carbons (Fsp3) is 0.355. The number of aliphatic carboxylic acids is 1. The molecule has 0 radical (unpaired) electrons. The van der Waals surface area contributed by atoms with Crippen LogP contribution in [-0.4, -0.2) is 44.0 Å². The highest BCUT2D eigenvalue weighted by atomic mass is 16.4. The molecule has 0 bridgehead atoms. The van der Waals surface area contributed by atoms with Crippen molar-refractivity contribution in [3.63, 3.8) is 0 Å². The van der Waals surface area contributed by atoms with Crippen LogP contribution >= 0.6 is 0 Å². The van der Waals surface area contributed by atoms with E-state index >= 15 is 0 Å². The molecule has 2 atom stereocenters. The Morgan fingerprint density at radius 3 is 2.37 bits per heavy atom. The van der Waals surface area contributed by atoms with Gasteiger partial charge in [-0.1, -0.05) is 61.5 Å². The molecule has 1 aliphatic rings. The van der Waals surface area contributed by atoms with Gasteiger partial charge in [0.2, 0.25) is 0 Å². The zero-order valence-corrected chi connectivity index (χ0v) is 21.8. The molecule has 3 aromatic rings. The number of aliphatic hydroxyl groups is 2. The summed E-state index contributed by atoms with van der Waals surface area (Å²) in [6.45, 7) is 2.52. The van der Waals surface area contributed by atoms with Gasteiger partial charge in [-0.05, 0) is 67.3 Å². The highest BCUT2D eigenvalue weighted by Crippen LogP contribution is 2.30. The molecule has 0 aliphatic heterocycles. The maximum absolute atomic E-state index is 13.6. The highest BCUT2D eigenvalue weighted by molar-refractivity contribution is 6.06. The van der Waals surface area contributed by atoms with Gasteiger partial charge in [-0.3, -0.25) is 9.59 Å². The van der Waals surface area contributed by atoms with Gasteiger partial charge in [-0.2, -0.15) is 0 Å². The van der Waals surface area contributed by atoms with Gasteiger partial charge in [0.15, 0.2) is 0 Å². The van der Waals surface area contributed by atoms with Gasteiger partial charge in [0.05, 0.1) is 24.2 Å². The fourth-order valence-electron chi connectivity index (χ4n) is 5.29. The van der Waals surface area contributed by atoms with Crippen molar-refractivity contribution in [2.45, 2.75) is 70.6 Å². The number of hydrogen-bond donors (Lipinski definition) is 4. The van der Waals surface area contributed by atoms with E-state index in [-0.39, 0.29) is 12.3 Å². The zero-order valence-electron chi connectivity index (χ0n) is 21.8. The maximum Gasteiger partial charge on any atom is 0.305 e. The molecule has 1 heterocycles. The molecule has 0 unspecified atom stereocenters. The second-order valence-electron chi connectivity index (χ2n) is 9.79. The van der Waals surface area contributed by atoms with Crippen LogP contribution in [0.15, 0.2) is 66.7 Å². The first kappa shape index (κ1) is 27.4. The number of anilines is 1. The van der Waals surface area contributed by atoms with E-state index in [0.717, 1.165) is 46.6 Å². The molecule has 0 saturated carbocycles. The first-order valence-electron chi connectivity index (χ1n) is 13.3. The van der Waals surface area contributed by atoms with Crippen LogP contribution in [0, 0.1) is 0 Å². The van der Waals surface area contributed by atoms with Crippen LogP contribution in [0.25, 0.3) is 11.1 Å². The Morgan fingerprint density at radius 1 is 0.974 bits per heavy atom. The average molecular weight is 517 g/mol. The van der Waals surface area contributed by atoms with Gasteiger partial charge >= 0.3 is 5.97 Å². The van der Waals surface area contributed by atoms with Crippen LogP contribution in [0.5, 0.6) is 0 Å². The third-order valence-corrected chi connectivity index (χ3v) is 7.08. The summed E-state index contributed by atoms with van der Waals surface area (Å²) in [6, 6.07) is 17.9. The van der Waals surface area contributed by atoms with Gasteiger partial charge in [0.1, 0.15) is 0 Å². The van der Waals surface area contributed by atoms with Crippen LogP contribution in [0.4, 0.5) is 5.69 Å². The van der Waals surface area contributed by atoms with Gasteiger partial charge in [0, 0.05) is 23.6 Å². The van der Waals surface area contributed by atoms with Crippen LogP contribution < -0.4 is 5.32 Å². The van der Waals surface area contributed by atoms with E-state index in [1.54, 1.807) is 0 Å². The number of amides is 1. The molecule has 4 rings (SSSR count). The molecular formula is C31H36N2O5. The molecule has 0 saturated heterocycles. The van der Waals surface area contributed by atoms with E-state index in [0.29, 0.717) is 31.4 Å². The number of carbonyl (C=O) groups is 2. The summed E-state index contributed by atoms with van der Waals surface area (Å²) in [6.07, 6.45) is 5.30. The topological polar surface area (TPSA) is 112 Å². The molecule has 7 heteroatoms. The molecule has 1 aliphatic carbocycles. The Hall–Kier alpha value is -3.68. The van der Waals surface area contributed by atoms with E-state index in [2.05, 4.69) is 34.2 Å². The van der Waals surface area contributed by atoms with Crippen LogP contribution in [0.1, 0.15) is 59.9 Å². The Bertz CT molecular complexity index is 1280. The monoisotopic (exact) mass is 516 g/mol. The van der Waals surface area contributed by atoms with Crippen molar-refractivity contribution in [1.82, 2.24) is 4.57 Å². The van der Waals surface area contributed by atoms with E-state index in [9.17, 15) is 19.8 Å². The standard InChI is InChI=1S/C31H36N2O5/c1-2-27-30(31(38)32-23-15-13-22(14-16-23)21-9-5-3-6-10-21)26-11-7-4-8-12-28(26)33(27)18-17-24(34)19-25(35)20-29(36)37/h3-7,9-10,13-16,24-25,34-35H,2,8,11-12,17-20H2,1H3,(H,32,38)(H,36,37)/t24-,25-/m1/s1. The first-order chi connectivity index (χ1) is 18.4. The largest absolute Gasteiger partial charge is 0.481 e. The number of benzene rings is 2. The normalized spacial score (nSPS) is 14.4. The molecule has 4 N–H and O–H groups in total. The van der Waals surface area contributed by atoms with Crippen molar-refractivity contribution >= 4 is 17.6 Å². The fourth-order valence-corrected chi connectivity index (χ4v) is 5.29. The second-order valence-corrected chi connectivity index (χ2v) is 9.79. The Balaban J connectivity index is 1.55. The number of aromatic nitrogens is 1. The van der Waals surface area contributed by atoms with E-state index in [4.69, 9.17) is 5.11 Å². The molecule has 200 valence electrons. The number of nitrogens with zero attached hydrogens (tertiary/aromatic N) is 1. The van der Waals surface area contributed by atoms with Crippen LogP contribution in [0.2, 0.25) is 0 Å². The lowest BCUT2D eigenvalue weighted by Gasteiger charge is -2.18. The summed E-state index contributed by atoms with van der Waals surface area (Å²) in [5.41, 5.74) is 6.68. The van der Waals surface area contributed by atoms with E-state index in [1.807, 2.05) is 49.4 Å². The van der Waals surface area contributed by atoms with Crippen molar-refractivity contribution in [2.24, 2.45) is 0 Å². The van der Waals surface area contributed by atoms with Crippen molar-refractivity contribution in [1.29, 1.82) is 0 Å². The number of carboxylic acid groups (broad SMARTS) is 1. The Labute approximate surface area is 223 Å². The van der Waals surface area contributed by atoms with Gasteiger partial charge in [-0.25, -0.2) is 0 Å². The lowest BCUT2D eigenvalue weighted by atomic mass is 10.0. The lowest BCUT2D eigenvalue weighted by molar-refractivity contribution is -0.139. The number of allylic oxidation sites excluding steroid dienone is 2. The van der Waals surface area contributed by atoms with Gasteiger partial charge in [0.25, 0.3) is 5.91 Å². The summed E-state index contributed by atoms with van der Waals surface area (Å²) in [5.74, 6) is -1.23. The minimum absolute atomic E-state index is 0.00505. The second kappa shape index (κ2) is 12.7. The number of carboxylic acids is 1. The first-order valence-corrected chi connectivity index (χ1v) is 13.3. The molecule has 2 aromatic carbocycles. The minimum atomic E-state index is -1.09. The van der Waals surface area contributed by atoms with E-state index in [1.165, 1.54) is 0 Å². The summed E-state index contributed by atoms with van der Waals surface area (Å²) >= 11 is 0. The van der Waals surface area contributed by atoms with E-state index < -0.39 is 24.6 Å². The Kier molecular flexibility index (Phi) is 9.15. The van der Waals surface area contributed by atoms with Gasteiger partial charge in [-0.15, -0.1) is 0 Å². The maximum atomic E-state index is 13.6. The average Bonchev–Trinajstić information content (AvgIpc) is 3.01. The molecule has 7 nitrogen and oxygen atoms in total. The SMILES string of the molecule is CCc1c(C(=O)Nc2ccc(-c3ccccc3)cc2)c2c(n1CC[C@@H](O)C[C@@H](O)CC(=O)O)CCC=CC2. The summed E-state index contributed by atoms with van der Waals surface area (Å²) in [7, 11) is 0. The third kappa shape index (κ3) is 6.60. The number of carbonyl (C=O) groups excluding carboxylic acids is 1. The zero-order chi connectivity index (χ0) is 27.1. The molecule has 1 aromatic heterocycles. The molecule has 1 amide bonds. The number of aliphatic hydroxyl groups excluding tert-OH is 2. The number of nitrogens with one attached hydrogen (secondary N) is 1. The number of hydrogen-bond acceptors (Lipinski definition) is 4. The van der Waals surface area contributed by atoms with Crippen LogP contribution in [0.3, 0.4) is 0 Å². The summed E-state index contributed by atoms with van der Waals surface area (Å²) in [4.78, 5) is 24.5. The van der Waals surface area contributed by atoms with Crippen molar-refractivity contribution in [3.05, 3.63) is 89.3 Å². The number of fused-ring (bicyclic) bond motifs is 1. The minimum Gasteiger partial charge on any atom is -0.481 e. The predicted octanol–water partition coefficient (Wildman–Crippen LogP) is 4.99. The third-order valence-electron chi connectivity index (χ3n) is 7.08. The summed E-state index contributed by atoms with van der Waals surface area (Å²) < 4.78 is 2.16. The Morgan fingerprint density at radius 2 is 1.68 bits per heavy atom. The molecular weight excluding hydrogens is 480 g/mol. The molecule has 38 heavy (non-hydrogen) atoms. The van der Waals surface area contributed by atoms with Gasteiger partial charge < -0.3 is 25.2 Å². The van der Waals surface area contributed by atoms with Crippen molar-refractivity contribution in [2.75, 3.05) is 5.32 Å². The highest BCUT2D eigenvalue weighted by Gasteiger charge is 2.27.